The van der Waals surface area contributed by atoms with Gasteiger partial charge in [-0.25, -0.2) is 0 Å². The van der Waals surface area contributed by atoms with E-state index >= 15 is 0 Å². The summed E-state index contributed by atoms with van der Waals surface area (Å²) < 4.78 is 31.7. The normalized spacial score (nSPS) is 14.1. The van der Waals surface area contributed by atoms with Crippen LogP contribution in [0, 0.1) is 5.92 Å². The van der Waals surface area contributed by atoms with Gasteiger partial charge in [-0.15, -0.1) is 0 Å². The largest absolute Gasteiger partial charge is 0.469 e. The standard InChI is InChI=1S/C10H22N2O4S/c1-8(2)9(3)11-17(14,15)12(4)7-6-10(13)16-5/h8-9,11H,6-7H2,1-5H3. The highest BCUT2D eigenvalue weighted by Crippen LogP contribution is 2.04. The van der Waals surface area contributed by atoms with Crippen LogP contribution in [0.2, 0.25) is 0 Å². The van der Waals surface area contributed by atoms with E-state index in [-0.39, 0.29) is 24.9 Å². The first-order chi connectivity index (χ1) is 7.70. The van der Waals surface area contributed by atoms with Gasteiger partial charge in [-0.1, -0.05) is 13.8 Å². The molecule has 0 saturated heterocycles. The smallest absolute Gasteiger partial charge is 0.306 e. The van der Waals surface area contributed by atoms with E-state index in [1.54, 1.807) is 6.92 Å². The Bertz CT molecular complexity index is 340. The molecule has 0 aliphatic heterocycles. The van der Waals surface area contributed by atoms with Gasteiger partial charge in [0.15, 0.2) is 0 Å². The number of hydrogen-bond acceptors (Lipinski definition) is 4. The summed E-state index contributed by atoms with van der Waals surface area (Å²) in [4.78, 5) is 10.9. The summed E-state index contributed by atoms with van der Waals surface area (Å²) in [7, 11) is -0.830. The van der Waals surface area contributed by atoms with Gasteiger partial charge in [-0.2, -0.15) is 17.4 Å². The van der Waals surface area contributed by atoms with Gasteiger partial charge < -0.3 is 4.74 Å². The molecule has 0 rings (SSSR count). The van der Waals surface area contributed by atoms with Crippen LogP contribution in [0.25, 0.3) is 0 Å². The Morgan fingerprint density at radius 3 is 2.29 bits per heavy atom. The molecule has 17 heavy (non-hydrogen) atoms. The Hall–Kier alpha value is -0.660. The third kappa shape index (κ3) is 5.99. The molecular formula is C10H22N2O4S. The molecule has 7 heteroatoms. The zero-order valence-electron chi connectivity index (χ0n) is 11.1. The van der Waals surface area contributed by atoms with Gasteiger partial charge in [0.2, 0.25) is 0 Å². The minimum atomic E-state index is -3.53. The van der Waals surface area contributed by atoms with Crippen LogP contribution < -0.4 is 4.72 Å². The van der Waals surface area contributed by atoms with Crippen LogP contribution in [0.1, 0.15) is 27.2 Å². The van der Waals surface area contributed by atoms with Crippen LogP contribution in [-0.4, -0.2) is 45.4 Å². The van der Waals surface area contributed by atoms with Gasteiger partial charge in [0, 0.05) is 19.6 Å². The fourth-order valence-electron chi connectivity index (χ4n) is 0.932. The Labute approximate surface area is 104 Å². The van der Waals surface area contributed by atoms with E-state index in [4.69, 9.17) is 0 Å². The third-order valence-electron chi connectivity index (χ3n) is 2.60. The van der Waals surface area contributed by atoms with Crippen molar-refractivity contribution in [3.63, 3.8) is 0 Å². The van der Waals surface area contributed by atoms with Crippen LogP contribution >= 0.6 is 0 Å². The maximum absolute atomic E-state index is 11.8. The van der Waals surface area contributed by atoms with E-state index in [1.807, 2.05) is 13.8 Å². The van der Waals surface area contributed by atoms with Gasteiger partial charge in [0.25, 0.3) is 10.2 Å². The molecule has 1 atom stereocenters. The van der Waals surface area contributed by atoms with Crippen molar-refractivity contribution in [3.8, 4) is 0 Å². The number of nitrogens with zero attached hydrogens (tertiary/aromatic N) is 1. The molecule has 1 N–H and O–H groups in total. The minimum absolute atomic E-state index is 0.0456. The van der Waals surface area contributed by atoms with Crippen LogP contribution in [0.4, 0.5) is 0 Å². The van der Waals surface area contributed by atoms with Gasteiger partial charge in [0.1, 0.15) is 0 Å². The molecule has 0 bridgehead atoms. The fraction of sp³-hybridized carbons (Fsp3) is 0.900. The lowest BCUT2D eigenvalue weighted by molar-refractivity contribution is -0.140. The number of hydrogen-bond donors (Lipinski definition) is 1. The molecule has 1 unspecified atom stereocenters. The summed E-state index contributed by atoms with van der Waals surface area (Å²) in [6.07, 6.45) is 0.0456. The molecule has 102 valence electrons. The Kier molecular flexibility index (Phi) is 6.66. The molecule has 0 aliphatic rings. The second-order valence-electron chi connectivity index (χ2n) is 4.30. The van der Waals surface area contributed by atoms with Crippen molar-refractivity contribution in [3.05, 3.63) is 0 Å². The summed E-state index contributed by atoms with van der Waals surface area (Å²) in [5.74, 6) is -0.220. The molecule has 0 heterocycles. The molecule has 0 amide bonds. The molecule has 6 nitrogen and oxygen atoms in total. The number of methoxy groups -OCH3 is 1. The van der Waals surface area contributed by atoms with E-state index in [9.17, 15) is 13.2 Å². The van der Waals surface area contributed by atoms with Crippen LogP contribution in [0.15, 0.2) is 0 Å². The first-order valence-electron chi connectivity index (χ1n) is 5.51. The lowest BCUT2D eigenvalue weighted by Gasteiger charge is -2.22. The van der Waals surface area contributed by atoms with Crippen molar-refractivity contribution >= 4 is 16.2 Å². The van der Waals surface area contributed by atoms with Crippen molar-refractivity contribution < 1.29 is 17.9 Å². The number of carbonyl (C=O) groups excluding carboxylic acids is 1. The second kappa shape index (κ2) is 6.93. The minimum Gasteiger partial charge on any atom is -0.469 e. The topological polar surface area (TPSA) is 75.7 Å². The summed E-state index contributed by atoms with van der Waals surface area (Å²) in [6.45, 7) is 5.77. The van der Waals surface area contributed by atoms with E-state index < -0.39 is 16.2 Å². The summed E-state index contributed by atoms with van der Waals surface area (Å²) >= 11 is 0. The molecule has 0 radical (unpaired) electrons. The third-order valence-corrected chi connectivity index (χ3v) is 4.28. The highest BCUT2D eigenvalue weighted by molar-refractivity contribution is 7.87. The van der Waals surface area contributed by atoms with E-state index in [0.717, 1.165) is 4.31 Å². The molecule has 0 aliphatic carbocycles. The predicted molar refractivity (Wildman–Crippen MR) is 65.6 cm³/mol. The zero-order valence-corrected chi connectivity index (χ0v) is 11.9. The SMILES string of the molecule is COC(=O)CCN(C)S(=O)(=O)NC(C)C(C)C. The fourth-order valence-corrected chi connectivity index (χ4v) is 2.19. The van der Waals surface area contributed by atoms with Gasteiger partial charge in [0.05, 0.1) is 13.5 Å². The molecule has 0 saturated carbocycles. The first kappa shape index (κ1) is 16.3. The lowest BCUT2D eigenvalue weighted by Crippen LogP contribution is -2.45. The van der Waals surface area contributed by atoms with Gasteiger partial charge in [-0.3, -0.25) is 4.79 Å². The van der Waals surface area contributed by atoms with Crippen molar-refractivity contribution in [1.82, 2.24) is 9.03 Å². The molecule has 0 aromatic heterocycles. The highest BCUT2D eigenvalue weighted by Gasteiger charge is 2.22. The molecule has 0 fully saturated rings. The lowest BCUT2D eigenvalue weighted by atomic mass is 10.1. The summed E-state index contributed by atoms with van der Waals surface area (Å²) in [5.41, 5.74) is 0. The maximum atomic E-state index is 11.8. The van der Waals surface area contributed by atoms with Crippen LogP contribution in [0.5, 0.6) is 0 Å². The van der Waals surface area contributed by atoms with Gasteiger partial charge >= 0.3 is 5.97 Å². The summed E-state index contributed by atoms with van der Waals surface area (Å²) in [5, 5.41) is 0. The Balaban J connectivity index is 4.35. The van der Waals surface area contributed by atoms with Crippen molar-refractivity contribution in [1.29, 1.82) is 0 Å². The Morgan fingerprint density at radius 1 is 1.35 bits per heavy atom. The second-order valence-corrected chi connectivity index (χ2v) is 6.11. The highest BCUT2D eigenvalue weighted by atomic mass is 32.2. The van der Waals surface area contributed by atoms with Crippen LogP contribution in [-0.2, 0) is 19.7 Å². The average Bonchev–Trinajstić information content (AvgIpc) is 2.24. The molecular weight excluding hydrogens is 244 g/mol. The van der Waals surface area contributed by atoms with E-state index in [2.05, 4.69) is 9.46 Å². The molecule has 0 aromatic rings. The van der Waals surface area contributed by atoms with Crippen molar-refractivity contribution in [2.45, 2.75) is 33.2 Å². The van der Waals surface area contributed by atoms with Crippen molar-refractivity contribution in [2.75, 3.05) is 20.7 Å². The maximum Gasteiger partial charge on any atom is 0.306 e. The quantitative estimate of drug-likeness (QED) is 0.675. The van der Waals surface area contributed by atoms with Gasteiger partial charge in [-0.05, 0) is 12.8 Å². The van der Waals surface area contributed by atoms with Crippen LogP contribution in [0.3, 0.4) is 0 Å². The van der Waals surface area contributed by atoms with E-state index in [0.29, 0.717) is 0 Å². The molecule has 0 aromatic carbocycles. The number of ether oxygens (including phenoxy) is 1. The zero-order chi connectivity index (χ0) is 13.6. The number of carbonyl (C=O) groups is 1. The average molecular weight is 266 g/mol. The number of esters is 1. The monoisotopic (exact) mass is 266 g/mol. The first-order valence-corrected chi connectivity index (χ1v) is 6.95. The summed E-state index contributed by atoms with van der Waals surface area (Å²) in [6, 6.07) is -0.152. The van der Waals surface area contributed by atoms with Crippen molar-refractivity contribution in [2.24, 2.45) is 5.92 Å². The number of rotatable bonds is 7. The van der Waals surface area contributed by atoms with E-state index in [1.165, 1.54) is 14.2 Å². The predicted octanol–water partition coefficient (Wildman–Crippen LogP) is 0.360. The molecule has 0 spiro atoms. The Morgan fingerprint density at radius 2 is 1.88 bits per heavy atom. The number of nitrogens with one attached hydrogen (secondary N) is 1.